The van der Waals surface area contributed by atoms with Gasteiger partial charge in [-0.05, 0) is 26.3 Å². The number of thiazole rings is 1. The van der Waals surface area contributed by atoms with Crippen LogP contribution in [-0.2, 0) is 6.54 Å². The quantitative estimate of drug-likeness (QED) is 0.891. The van der Waals surface area contributed by atoms with Gasteiger partial charge in [0.2, 0.25) is 0 Å². The Morgan fingerprint density at radius 1 is 1.35 bits per heavy atom. The molecular weight excluding hydrogens is 228 g/mol. The monoisotopic (exact) mass is 246 g/mol. The molecule has 1 aromatic heterocycles. The van der Waals surface area contributed by atoms with Gasteiger partial charge in [0.25, 0.3) is 0 Å². The van der Waals surface area contributed by atoms with Crippen LogP contribution in [-0.4, -0.2) is 4.98 Å². The summed E-state index contributed by atoms with van der Waals surface area (Å²) < 4.78 is 0. The summed E-state index contributed by atoms with van der Waals surface area (Å²) in [6.45, 7) is 7.28. The number of nitrogens with one attached hydrogen (secondary N) is 1. The lowest BCUT2D eigenvalue weighted by atomic mass is 10.1. The topological polar surface area (TPSA) is 24.9 Å². The first kappa shape index (κ1) is 12.3. The van der Waals surface area contributed by atoms with Crippen LogP contribution in [0.2, 0.25) is 0 Å². The van der Waals surface area contributed by atoms with Crippen molar-refractivity contribution in [1.82, 2.24) is 10.3 Å². The fraction of sp³-hybridized carbons (Fsp3) is 0.357. The van der Waals surface area contributed by atoms with Crippen molar-refractivity contribution < 1.29 is 0 Å². The van der Waals surface area contributed by atoms with Crippen LogP contribution in [0, 0.1) is 13.8 Å². The minimum absolute atomic E-state index is 0.372. The van der Waals surface area contributed by atoms with Crippen molar-refractivity contribution in [3.05, 3.63) is 51.5 Å². The minimum Gasteiger partial charge on any atom is -0.305 e. The van der Waals surface area contributed by atoms with Crippen molar-refractivity contribution in [2.45, 2.75) is 33.4 Å². The first-order chi connectivity index (χ1) is 8.16. The molecule has 17 heavy (non-hydrogen) atoms. The summed E-state index contributed by atoms with van der Waals surface area (Å²) in [5.41, 5.74) is 5.69. The van der Waals surface area contributed by atoms with Crippen LogP contribution in [0.1, 0.15) is 34.7 Å². The van der Waals surface area contributed by atoms with Crippen LogP contribution in [0.3, 0.4) is 0 Å². The third kappa shape index (κ3) is 3.14. The van der Waals surface area contributed by atoms with Gasteiger partial charge in [0, 0.05) is 17.5 Å². The van der Waals surface area contributed by atoms with Crippen LogP contribution < -0.4 is 5.32 Å². The van der Waals surface area contributed by atoms with Crippen molar-refractivity contribution >= 4 is 11.3 Å². The molecular formula is C14H18N2S. The second-order valence-electron chi connectivity index (χ2n) is 4.38. The number of aryl methyl sites for hydroxylation is 2. The Labute approximate surface area is 107 Å². The van der Waals surface area contributed by atoms with Crippen molar-refractivity contribution in [2.75, 3.05) is 0 Å². The van der Waals surface area contributed by atoms with Crippen LogP contribution >= 0.6 is 11.3 Å². The van der Waals surface area contributed by atoms with E-state index in [9.17, 15) is 0 Å². The van der Waals surface area contributed by atoms with E-state index < -0.39 is 0 Å². The van der Waals surface area contributed by atoms with E-state index in [4.69, 9.17) is 0 Å². The van der Waals surface area contributed by atoms with E-state index in [1.807, 2.05) is 5.51 Å². The second kappa shape index (κ2) is 5.43. The zero-order chi connectivity index (χ0) is 12.3. The molecule has 0 amide bonds. The molecule has 0 saturated carbocycles. The summed E-state index contributed by atoms with van der Waals surface area (Å²) in [4.78, 5) is 5.58. The Morgan fingerprint density at radius 2 is 2.18 bits per heavy atom. The lowest BCUT2D eigenvalue weighted by molar-refractivity contribution is 0.577. The van der Waals surface area contributed by atoms with E-state index in [-0.39, 0.29) is 0 Å². The highest BCUT2D eigenvalue weighted by atomic mass is 32.1. The average Bonchev–Trinajstić information content (AvgIpc) is 2.72. The number of nitrogens with zero attached hydrogens (tertiary/aromatic N) is 1. The van der Waals surface area contributed by atoms with Crippen LogP contribution in [0.25, 0.3) is 0 Å². The Kier molecular flexibility index (Phi) is 3.92. The lowest BCUT2D eigenvalue weighted by Crippen LogP contribution is -2.18. The van der Waals surface area contributed by atoms with E-state index >= 15 is 0 Å². The molecule has 2 rings (SSSR count). The summed E-state index contributed by atoms with van der Waals surface area (Å²) in [5, 5.41) is 3.54. The molecule has 0 fully saturated rings. The van der Waals surface area contributed by atoms with Gasteiger partial charge in [0.15, 0.2) is 0 Å². The van der Waals surface area contributed by atoms with Crippen molar-refractivity contribution in [3.8, 4) is 0 Å². The maximum Gasteiger partial charge on any atom is 0.0798 e. The lowest BCUT2D eigenvalue weighted by Gasteiger charge is -2.14. The van der Waals surface area contributed by atoms with E-state index in [2.05, 4.69) is 55.3 Å². The van der Waals surface area contributed by atoms with Gasteiger partial charge in [-0.2, -0.15) is 0 Å². The summed E-state index contributed by atoms with van der Waals surface area (Å²) in [7, 11) is 0. The number of hydrogen-bond acceptors (Lipinski definition) is 3. The summed E-state index contributed by atoms with van der Waals surface area (Å²) >= 11 is 1.72. The van der Waals surface area contributed by atoms with Gasteiger partial charge in [0.1, 0.15) is 0 Å². The highest BCUT2D eigenvalue weighted by molar-refractivity contribution is 7.09. The first-order valence-electron chi connectivity index (χ1n) is 5.85. The summed E-state index contributed by atoms with van der Waals surface area (Å²) in [5.74, 6) is 0. The van der Waals surface area contributed by atoms with Gasteiger partial charge in [-0.1, -0.05) is 29.8 Å². The Balaban J connectivity index is 1.98. The number of benzene rings is 1. The standard InChI is InChI=1S/C14H18N2S/c1-10-5-4-6-13(7-10)11(2)15-8-14-12(3)16-9-17-14/h4-7,9,11,15H,8H2,1-3H3/t11-/m0/s1. The Morgan fingerprint density at radius 3 is 2.82 bits per heavy atom. The fourth-order valence-electron chi connectivity index (χ4n) is 1.80. The number of hydrogen-bond donors (Lipinski definition) is 1. The number of rotatable bonds is 4. The van der Waals surface area contributed by atoms with Crippen molar-refractivity contribution in [3.63, 3.8) is 0 Å². The van der Waals surface area contributed by atoms with Crippen molar-refractivity contribution in [1.29, 1.82) is 0 Å². The third-order valence-corrected chi connectivity index (χ3v) is 3.89. The highest BCUT2D eigenvalue weighted by Crippen LogP contribution is 2.17. The molecule has 0 spiro atoms. The molecule has 0 radical (unpaired) electrons. The zero-order valence-electron chi connectivity index (χ0n) is 10.5. The van der Waals surface area contributed by atoms with Gasteiger partial charge >= 0.3 is 0 Å². The summed E-state index contributed by atoms with van der Waals surface area (Å²) in [6, 6.07) is 9.02. The molecule has 0 aliphatic carbocycles. The van der Waals surface area contributed by atoms with Crippen LogP contribution in [0.5, 0.6) is 0 Å². The SMILES string of the molecule is Cc1cccc([C@H](C)NCc2scnc2C)c1. The highest BCUT2D eigenvalue weighted by Gasteiger charge is 2.07. The van der Waals surface area contributed by atoms with Crippen molar-refractivity contribution in [2.24, 2.45) is 0 Å². The molecule has 0 bridgehead atoms. The predicted molar refractivity (Wildman–Crippen MR) is 73.3 cm³/mol. The van der Waals surface area contributed by atoms with Crippen LogP contribution in [0.15, 0.2) is 29.8 Å². The molecule has 2 nitrogen and oxygen atoms in total. The van der Waals surface area contributed by atoms with Crippen LogP contribution in [0.4, 0.5) is 0 Å². The fourth-order valence-corrected chi connectivity index (χ4v) is 2.53. The minimum atomic E-state index is 0.372. The molecule has 1 aromatic carbocycles. The zero-order valence-corrected chi connectivity index (χ0v) is 11.3. The maximum atomic E-state index is 4.26. The van der Waals surface area contributed by atoms with E-state index in [1.165, 1.54) is 16.0 Å². The predicted octanol–water partition coefficient (Wildman–Crippen LogP) is 3.61. The number of aromatic nitrogens is 1. The molecule has 1 atom stereocenters. The average molecular weight is 246 g/mol. The van der Waals surface area contributed by atoms with Gasteiger partial charge in [-0.3, -0.25) is 0 Å². The Hall–Kier alpha value is -1.19. The molecule has 0 saturated heterocycles. The smallest absolute Gasteiger partial charge is 0.0798 e. The van der Waals surface area contributed by atoms with Gasteiger partial charge in [-0.15, -0.1) is 11.3 Å². The van der Waals surface area contributed by atoms with E-state index in [1.54, 1.807) is 11.3 Å². The second-order valence-corrected chi connectivity index (χ2v) is 5.32. The molecule has 90 valence electrons. The molecule has 1 N–H and O–H groups in total. The molecule has 0 aliphatic rings. The molecule has 1 heterocycles. The molecule has 0 unspecified atom stereocenters. The molecule has 3 heteroatoms. The van der Waals surface area contributed by atoms with Gasteiger partial charge in [-0.25, -0.2) is 4.98 Å². The largest absolute Gasteiger partial charge is 0.305 e. The maximum absolute atomic E-state index is 4.26. The van der Waals surface area contributed by atoms with E-state index in [0.717, 1.165) is 12.2 Å². The summed E-state index contributed by atoms with van der Waals surface area (Å²) in [6.07, 6.45) is 0. The normalized spacial score (nSPS) is 12.6. The molecule has 0 aliphatic heterocycles. The van der Waals surface area contributed by atoms with E-state index in [0.29, 0.717) is 6.04 Å². The third-order valence-electron chi connectivity index (χ3n) is 2.96. The van der Waals surface area contributed by atoms with Gasteiger partial charge < -0.3 is 5.32 Å². The molecule has 2 aromatic rings. The first-order valence-corrected chi connectivity index (χ1v) is 6.73. The van der Waals surface area contributed by atoms with Gasteiger partial charge in [0.05, 0.1) is 11.2 Å². The Bertz CT molecular complexity index is 490.